The van der Waals surface area contributed by atoms with Crippen LogP contribution in [0.15, 0.2) is 6.33 Å². The van der Waals surface area contributed by atoms with Gasteiger partial charge in [-0.25, -0.2) is 4.79 Å². The molecule has 8 nitrogen and oxygen atoms in total. The number of carbonyl (C=O) groups is 2. The van der Waals surface area contributed by atoms with Crippen molar-refractivity contribution in [2.45, 2.75) is 26.8 Å². The molecule has 0 aromatic carbocycles. The van der Waals surface area contributed by atoms with Gasteiger partial charge in [0.05, 0.1) is 12.0 Å². The summed E-state index contributed by atoms with van der Waals surface area (Å²) < 4.78 is 1.72. The Kier molecular flexibility index (Phi) is 5.48. The maximum Gasteiger partial charge on any atom is 0.317 e. The van der Waals surface area contributed by atoms with E-state index >= 15 is 0 Å². The number of urea groups is 1. The molecule has 0 fully saturated rings. The number of carboxylic acids is 1. The zero-order chi connectivity index (χ0) is 15.3. The molecule has 0 saturated carbocycles. The standard InChI is InChI=1S/C12H21N5O3/c1-5-17(6-8(2)11(18)19)12(20)14-9(3)10-15-13-7-16(10)4/h7-9H,5-6H2,1-4H3,(H,14,20)(H,18,19). The maximum atomic E-state index is 12.1. The number of aliphatic carboxylic acids is 1. The molecule has 0 aliphatic heterocycles. The SMILES string of the molecule is CCN(CC(C)C(=O)O)C(=O)NC(C)c1nncn1C. The van der Waals surface area contributed by atoms with Crippen molar-refractivity contribution < 1.29 is 14.7 Å². The Morgan fingerprint density at radius 2 is 2.15 bits per heavy atom. The van der Waals surface area contributed by atoms with Gasteiger partial charge in [-0.2, -0.15) is 0 Å². The van der Waals surface area contributed by atoms with Gasteiger partial charge in [0.15, 0.2) is 5.82 Å². The second-order valence-corrected chi connectivity index (χ2v) is 4.75. The summed E-state index contributed by atoms with van der Waals surface area (Å²) in [6.45, 7) is 5.79. The second kappa shape index (κ2) is 6.88. The number of hydrogen-bond acceptors (Lipinski definition) is 4. The number of amides is 2. The number of carbonyl (C=O) groups excluding carboxylic acids is 1. The van der Waals surface area contributed by atoms with Gasteiger partial charge in [0, 0.05) is 20.1 Å². The van der Waals surface area contributed by atoms with Crippen molar-refractivity contribution in [1.29, 1.82) is 0 Å². The van der Waals surface area contributed by atoms with Crippen LogP contribution in [-0.4, -0.2) is 49.9 Å². The Labute approximate surface area is 117 Å². The molecule has 1 heterocycles. The van der Waals surface area contributed by atoms with Crippen LogP contribution in [-0.2, 0) is 11.8 Å². The van der Waals surface area contributed by atoms with Gasteiger partial charge in [0.2, 0.25) is 0 Å². The molecule has 1 aromatic heterocycles. The molecule has 2 unspecified atom stereocenters. The van der Waals surface area contributed by atoms with Crippen LogP contribution in [0.1, 0.15) is 32.6 Å². The van der Waals surface area contributed by atoms with Crippen LogP contribution in [0.4, 0.5) is 4.79 Å². The van der Waals surface area contributed by atoms with E-state index in [-0.39, 0.29) is 18.6 Å². The Bertz CT molecular complexity index is 473. The first-order valence-electron chi connectivity index (χ1n) is 6.48. The number of nitrogens with one attached hydrogen (secondary N) is 1. The molecule has 0 spiro atoms. The Hall–Kier alpha value is -2.12. The van der Waals surface area contributed by atoms with Gasteiger partial charge in [-0.1, -0.05) is 6.92 Å². The number of hydrogen-bond donors (Lipinski definition) is 2. The molecule has 0 radical (unpaired) electrons. The van der Waals surface area contributed by atoms with E-state index in [9.17, 15) is 9.59 Å². The van der Waals surface area contributed by atoms with Gasteiger partial charge in [0.1, 0.15) is 6.33 Å². The third-order valence-electron chi connectivity index (χ3n) is 3.06. The molecule has 1 rings (SSSR count). The summed E-state index contributed by atoms with van der Waals surface area (Å²) in [4.78, 5) is 24.4. The van der Waals surface area contributed by atoms with Crippen molar-refractivity contribution in [3.05, 3.63) is 12.2 Å². The highest BCUT2D eigenvalue weighted by Crippen LogP contribution is 2.09. The van der Waals surface area contributed by atoms with Gasteiger partial charge >= 0.3 is 12.0 Å². The molecule has 0 bridgehead atoms. The minimum absolute atomic E-state index is 0.170. The van der Waals surface area contributed by atoms with Crippen molar-refractivity contribution in [3.63, 3.8) is 0 Å². The van der Waals surface area contributed by atoms with E-state index in [0.29, 0.717) is 12.4 Å². The molecule has 0 saturated heterocycles. The van der Waals surface area contributed by atoms with Crippen LogP contribution in [0.25, 0.3) is 0 Å². The van der Waals surface area contributed by atoms with E-state index in [0.717, 1.165) is 0 Å². The fourth-order valence-corrected chi connectivity index (χ4v) is 1.79. The lowest BCUT2D eigenvalue weighted by molar-refractivity contribution is -0.141. The van der Waals surface area contributed by atoms with Gasteiger partial charge in [-0.3, -0.25) is 4.79 Å². The first kappa shape index (κ1) is 15.9. The molecule has 0 aliphatic rings. The molecule has 1 aromatic rings. The number of nitrogens with zero attached hydrogens (tertiary/aromatic N) is 4. The molecular weight excluding hydrogens is 262 g/mol. The average molecular weight is 283 g/mol. The summed E-state index contributed by atoms with van der Waals surface area (Å²) in [6.07, 6.45) is 1.56. The molecule has 2 N–H and O–H groups in total. The topological polar surface area (TPSA) is 100 Å². The lowest BCUT2D eigenvalue weighted by Crippen LogP contribution is -2.44. The summed E-state index contributed by atoms with van der Waals surface area (Å²) in [5.41, 5.74) is 0. The summed E-state index contributed by atoms with van der Waals surface area (Å²) in [5.74, 6) is -0.885. The van der Waals surface area contributed by atoms with Crippen molar-refractivity contribution >= 4 is 12.0 Å². The highest BCUT2D eigenvalue weighted by molar-refractivity contribution is 5.76. The summed E-state index contributed by atoms with van der Waals surface area (Å²) in [6, 6.07) is -0.611. The van der Waals surface area contributed by atoms with Crippen LogP contribution >= 0.6 is 0 Å². The van der Waals surface area contributed by atoms with Gasteiger partial charge in [0.25, 0.3) is 0 Å². The zero-order valence-corrected chi connectivity index (χ0v) is 12.2. The van der Waals surface area contributed by atoms with E-state index in [4.69, 9.17) is 5.11 Å². The summed E-state index contributed by atoms with van der Waals surface area (Å²) in [5, 5.41) is 19.4. The lowest BCUT2D eigenvalue weighted by atomic mass is 10.2. The van der Waals surface area contributed by atoms with E-state index < -0.39 is 11.9 Å². The predicted molar refractivity (Wildman–Crippen MR) is 72.0 cm³/mol. The fraction of sp³-hybridized carbons (Fsp3) is 0.667. The molecule has 112 valence electrons. The van der Waals surface area contributed by atoms with Crippen LogP contribution in [0.3, 0.4) is 0 Å². The Morgan fingerprint density at radius 3 is 2.60 bits per heavy atom. The highest BCUT2D eigenvalue weighted by atomic mass is 16.4. The third-order valence-corrected chi connectivity index (χ3v) is 3.06. The third kappa shape index (κ3) is 3.94. The lowest BCUT2D eigenvalue weighted by Gasteiger charge is -2.25. The first-order valence-corrected chi connectivity index (χ1v) is 6.48. The zero-order valence-electron chi connectivity index (χ0n) is 12.2. The van der Waals surface area contributed by atoms with Crippen LogP contribution in [0.2, 0.25) is 0 Å². The van der Waals surface area contributed by atoms with Crippen LogP contribution in [0.5, 0.6) is 0 Å². The number of aryl methyl sites for hydroxylation is 1. The Morgan fingerprint density at radius 1 is 1.50 bits per heavy atom. The van der Waals surface area contributed by atoms with E-state index in [1.54, 1.807) is 38.7 Å². The maximum absolute atomic E-state index is 12.1. The molecule has 2 amide bonds. The summed E-state index contributed by atoms with van der Waals surface area (Å²) >= 11 is 0. The van der Waals surface area contributed by atoms with Crippen molar-refractivity contribution in [2.75, 3.05) is 13.1 Å². The van der Waals surface area contributed by atoms with E-state index in [1.807, 2.05) is 0 Å². The van der Waals surface area contributed by atoms with E-state index in [2.05, 4.69) is 15.5 Å². The smallest absolute Gasteiger partial charge is 0.317 e. The average Bonchev–Trinajstić information content (AvgIpc) is 2.81. The van der Waals surface area contributed by atoms with Gasteiger partial charge in [-0.15, -0.1) is 10.2 Å². The predicted octanol–water partition coefficient (Wildman–Crippen LogP) is 0.628. The van der Waals surface area contributed by atoms with Crippen molar-refractivity contribution in [2.24, 2.45) is 13.0 Å². The van der Waals surface area contributed by atoms with Crippen LogP contribution < -0.4 is 5.32 Å². The number of carboxylic acid groups (broad SMARTS) is 1. The van der Waals surface area contributed by atoms with Crippen molar-refractivity contribution in [3.8, 4) is 0 Å². The molecule has 0 aliphatic carbocycles. The van der Waals surface area contributed by atoms with Gasteiger partial charge in [-0.05, 0) is 13.8 Å². The fourth-order valence-electron chi connectivity index (χ4n) is 1.79. The highest BCUT2D eigenvalue weighted by Gasteiger charge is 2.21. The molecule has 20 heavy (non-hydrogen) atoms. The molecular formula is C12H21N5O3. The molecule has 2 atom stereocenters. The summed E-state index contributed by atoms with van der Waals surface area (Å²) in [7, 11) is 1.79. The number of rotatable bonds is 6. The normalized spacial score (nSPS) is 13.6. The van der Waals surface area contributed by atoms with Crippen LogP contribution in [0, 0.1) is 5.92 Å². The van der Waals surface area contributed by atoms with Crippen molar-refractivity contribution in [1.82, 2.24) is 25.0 Å². The molecule has 8 heteroatoms. The second-order valence-electron chi connectivity index (χ2n) is 4.75. The first-order chi connectivity index (χ1) is 9.36. The quantitative estimate of drug-likeness (QED) is 0.797. The Balaban J connectivity index is 2.63. The minimum Gasteiger partial charge on any atom is -0.481 e. The largest absolute Gasteiger partial charge is 0.481 e. The van der Waals surface area contributed by atoms with Gasteiger partial charge < -0.3 is 19.9 Å². The monoisotopic (exact) mass is 283 g/mol. The van der Waals surface area contributed by atoms with E-state index in [1.165, 1.54) is 4.90 Å². The minimum atomic E-state index is -0.919. The number of aromatic nitrogens is 3.